The molecule has 0 rings (SSSR count). The number of nitrogens with one attached hydrogen (secondary N) is 1. The Morgan fingerprint density at radius 1 is 1.45 bits per heavy atom. The predicted molar refractivity (Wildman–Crippen MR) is 35.2 cm³/mol. The summed E-state index contributed by atoms with van der Waals surface area (Å²) >= 11 is 0. The Bertz CT molecular complexity index is 104. The minimum Gasteiger partial charge on any atom is -0.384 e. The Balaban J connectivity index is 3.44. The van der Waals surface area contributed by atoms with E-state index in [1.165, 1.54) is 0 Å². The van der Waals surface area contributed by atoms with Crippen LogP contribution in [-0.2, 0) is 0 Å². The fourth-order valence-electron chi connectivity index (χ4n) is 0.636. The van der Waals surface area contributed by atoms with Crippen molar-refractivity contribution in [1.29, 1.82) is 0 Å². The van der Waals surface area contributed by atoms with Crippen LogP contribution in [0.1, 0.15) is 12.8 Å². The second kappa shape index (κ2) is 4.56. The molecular formula is C6H12F3NO. The van der Waals surface area contributed by atoms with Gasteiger partial charge in [0.2, 0.25) is 0 Å². The van der Waals surface area contributed by atoms with Gasteiger partial charge in [0, 0.05) is 0 Å². The van der Waals surface area contributed by atoms with E-state index in [9.17, 15) is 13.2 Å². The maximum Gasteiger partial charge on any atom is 0.414 e. The molecule has 0 radical (unpaired) electrons. The van der Waals surface area contributed by atoms with Gasteiger partial charge in [-0.1, -0.05) is 0 Å². The van der Waals surface area contributed by atoms with Crippen LogP contribution in [0.4, 0.5) is 13.2 Å². The van der Waals surface area contributed by atoms with Gasteiger partial charge in [-0.05, 0) is 26.4 Å². The molecule has 0 spiro atoms. The number of hydrogen-bond donors (Lipinski definition) is 2. The lowest BCUT2D eigenvalue weighted by atomic mass is 10.2. The zero-order chi connectivity index (χ0) is 8.91. The first-order chi connectivity index (χ1) is 4.98. The van der Waals surface area contributed by atoms with Crippen LogP contribution in [-0.4, -0.2) is 31.0 Å². The monoisotopic (exact) mass is 171 g/mol. The summed E-state index contributed by atoms with van der Waals surface area (Å²) in [6.07, 6.45) is -6.54. The van der Waals surface area contributed by atoms with Gasteiger partial charge in [0.05, 0.1) is 0 Å². The molecule has 0 bridgehead atoms. The molecule has 0 aliphatic heterocycles. The van der Waals surface area contributed by atoms with E-state index < -0.39 is 12.3 Å². The molecule has 0 aromatic carbocycles. The van der Waals surface area contributed by atoms with Gasteiger partial charge in [-0.15, -0.1) is 0 Å². The molecule has 0 aromatic heterocycles. The zero-order valence-corrected chi connectivity index (χ0v) is 6.28. The molecule has 0 heterocycles. The van der Waals surface area contributed by atoms with E-state index in [0.717, 1.165) is 0 Å². The van der Waals surface area contributed by atoms with Crippen LogP contribution in [0.2, 0.25) is 0 Å². The molecule has 0 saturated heterocycles. The van der Waals surface area contributed by atoms with Gasteiger partial charge in [-0.25, -0.2) is 0 Å². The lowest BCUT2D eigenvalue weighted by Gasteiger charge is -2.13. The van der Waals surface area contributed by atoms with Gasteiger partial charge >= 0.3 is 6.18 Å². The molecule has 0 aromatic rings. The lowest BCUT2D eigenvalue weighted by molar-refractivity contribution is -0.205. The van der Waals surface area contributed by atoms with Crippen molar-refractivity contribution in [2.45, 2.75) is 25.1 Å². The van der Waals surface area contributed by atoms with Crippen LogP contribution in [0.5, 0.6) is 0 Å². The van der Waals surface area contributed by atoms with Crippen molar-refractivity contribution < 1.29 is 18.3 Å². The summed E-state index contributed by atoms with van der Waals surface area (Å²) in [5.74, 6) is 0. The van der Waals surface area contributed by atoms with E-state index in [4.69, 9.17) is 5.11 Å². The van der Waals surface area contributed by atoms with Crippen LogP contribution in [0.3, 0.4) is 0 Å². The van der Waals surface area contributed by atoms with E-state index in [1.54, 1.807) is 7.05 Å². The number of aliphatic hydroxyl groups is 1. The molecule has 1 atom stereocenters. The second-order valence-corrected chi connectivity index (χ2v) is 2.30. The highest BCUT2D eigenvalue weighted by molar-refractivity contribution is 4.64. The maximum atomic E-state index is 11.6. The maximum absolute atomic E-state index is 11.6. The fraction of sp³-hybridized carbons (Fsp3) is 1.00. The molecule has 1 unspecified atom stereocenters. The summed E-state index contributed by atoms with van der Waals surface area (Å²) in [5.41, 5.74) is 0. The smallest absolute Gasteiger partial charge is 0.384 e. The first-order valence-electron chi connectivity index (χ1n) is 3.38. The van der Waals surface area contributed by atoms with Gasteiger partial charge in [0.25, 0.3) is 0 Å². The Hall–Kier alpha value is -0.290. The van der Waals surface area contributed by atoms with Gasteiger partial charge < -0.3 is 10.4 Å². The third-order valence-corrected chi connectivity index (χ3v) is 1.28. The number of hydrogen-bond acceptors (Lipinski definition) is 2. The average Bonchev–Trinajstić information content (AvgIpc) is 1.86. The topological polar surface area (TPSA) is 32.3 Å². The normalized spacial score (nSPS) is 15.0. The van der Waals surface area contributed by atoms with Crippen molar-refractivity contribution >= 4 is 0 Å². The summed E-state index contributed by atoms with van der Waals surface area (Å²) in [6, 6.07) is 0. The predicted octanol–water partition coefficient (Wildman–Crippen LogP) is 0.909. The Kier molecular flexibility index (Phi) is 4.44. The van der Waals surface area contributed by atoms with E-state index in [2.05, 4.69) is 5.32 Å². The standard InChI is InChI=1S/C6H12F3NO/c1-10-4-2-3-5(11)6(7,8)9/h5,10-11H,2-4H2,1H3. The van der Waals surface area contributed by atoms with Crippen molar-refractivity contribution in [3.63, 3.8) is 0 Å². The lowest BCUT2D eigenvalue weighted by Crippen LogP contribution is -2.29. The largest absolute Gasteiger partial charge is 0.414 e. The minimum atomic E-state index is -4.46. The molecule has 2 nitrogen and oxygen atoms in total. The van der Waals surface area contributed by atoms with Crippen molar-refractivity contribution in [1.82, 2.24) is 5.32 Å². The van der Waals surface area contributed by atoms with Gasteiger partial charge in [0.1, 0.15) is 6.10 Å². The molecular weight excluding hydrogens is 159 g/mol. The molecule has 0 amide bonds. The third-order valence-electron chi connectivity index (χ3n) is 1.28. The highest BCUT2D eigenvalue weighted by atomic mass is 19.4. The molecule has 0 aliphatic carbocycles. The Morgan fingerprint density at radius 3 is 2.36 bits per heavy atom. The molecule has 0 saturated carbocycles. The molecule has 11 heavy (non-hydrogen) atoms. The van der Waals surface area contributed by atoms with Crippen molar-refractivity contribution in [3.8, 4) is 0 Å². The molecule has 68 valence electrons. The Labute approximate surface area is 63.4 Å². The van der Waals surface area contributed by atoms with E-state index >= 15 is 0 Å². The highest BCUT2D eigenvalue weighted by Crippen LogP contribution is 2.22. The van der Waals surface area contributed by atoms with Crippen LogP contribution >= 0.6 is 0 Å². The molecule has 2 N–H and O–H groups in total. The Morgan fingerprint density at radius 2 is 2.00 bits per heavy atom. The van der Waals surface area contributed by atoms with Crippen molar-refractivity contribution in [2.24, 2.45) is 0 Å². The van der Waals surface area contributed by atoms with Crippen LogP contribution in [0.25, 0.3) is 0 Å². The summed E-state index contributed by atoms with van der Waals surface area (Å²) in [4.78, 5) is 0. The summed E-state index contributed by atoms with van der Waals surface area (Å²) < 4.78 is 34.8. The summed E-state index contributed by atoms with van der Waals surface area (Å²) in [6.45, 7) is 0.493. The number of aliphatic hydroxyl groups excluding tert-OH is 1. The minimum absolute atomic E-state index is 0.232. The van der Waals surface area contributed by atoms with Crippen molar-refractivity contribution in [3.05, 3.63) is 0 Å². The number of halogens is 3. The third kappa shape index (κ3) is 5.03. The molecule has 0 aliphatic rings. The highest BCUT2D eigenvalue weighted by Gasteiger charge is 2.37. The van der Waals surface area contributed by atoms with Gasteiger partial charge in [-0.2, -0.15) is 13.2 Å². The first-order valence-corrected chi connectivity index (χ1v) is 3.38. The van der Waals surface area contributed by atoms with E-state index in [1.807, 2.05) is 0 Å². The second-order valence-electron chi connectivity index (χ2n) is 2.30. The van der Waals surface area contributed by atoms with E-state index in [-0.39, 0.29) is 6.42 Å². The summed E-state index contributed by atoms with van der Waals surface area (Å²) in [7, 11) is 1.65. The zero-order valence-electron chi connectivity index (χ0n) is 6.28. The van der Waals surface area contributed by atoms with Crippen LogP contribution in [0.15, 0.2) is 0 Å². The SMILES string of the molecule is CNCCCC(O)C(F)(F)F. The van der Waals surface area contributed by atoms with Crippen molar-refractivity contribution in [2.75, 3.05) is 13.6 Å². The van der Waals surface area contributed by atoms with Crippen LogP contribution in [0, 0.1) is 0 Å². The van der Waals surface area contributed by atoms with Crippen LogP contribution < -0.4 is 5.32 Å². The molecule has 0 fully saturated rings. The van der Waals surface area contributed by atoms with Gasteiger partial charge in [-0.3, -0.25) is 0 Å². The summed E-state index contributed by atoms with van der Waals surface area (Å²) in [5, 5.41) is 11.2. The first kappa shape index (κ1) is 10.7. The average molecular weight is 171 g/mol. The van der Waals surface area contributed by atoms with Gasteiger partial charge in [0.15, 0.2) is 0 Å². The number of alkyl halides is 3. The fourth-order valence-corrected chi connectivity index (χ4v) is 0.636. The molecule has 5 heteroatoms. The quantitative estimate of drug-likeness (QED) is 0.616. The van der Waals surface area contributed by atoms with E-state index in [0.29, 0.717) is 13.0 Å². The number of rotatable bonds is 4.